The van der Waals surface area contributed by atoms with E-state index in [1.807, 2.05) is 24.6 Å². The van der Waals surface area contributed by atoms with E-state index in [2.05, 4.69) is 10.4 Å². The zero-order valence-corrected chi connectivity index (χ0v) is 10.5. The Hall–Kier alpha value is -1.36. The molecule has 2 unspecified atom stereocenters. The van der Waals surface area contributed by atoms with Gasteiger partial charge in [-0.05, 0) is 46.2 Å². The van der Waals surface area contributed by atoms with Crippen LogP contribution in [0.5, 0.6) is 0 Å². The van der Waals surface area contributed by atoms with Crippen LogP contribution in [0.4, 0.5) is 0 Å². The van der Waals surface area contributed by atoms with Crippen molar-refractivity contribution >= 4 is 5.97 Å². The van der Waals surface area contributed by atoms with Gasteiger partial charge in [0.2, 0.25) is 0 Å². The molecule has 1 aliphatic carbocycles. The number of carboxylic acids is 1. The molecule has 2 rings (SSSR count). The van der Waals surface area contributed by atoms with Gasteiger partial charge in [-0.25, -0.2) is 0 Å². The highest BCUT2D eigenvalue weighted by Crippen LogP contribution is 2.38. The number of aromatic nitrogens is 2. The van der Waals surface area contributed by atoms with Gasteiger partial charge in [0.1, 0.15) is 5.54 Å². The normalized spacial score (nSPS) is 28.5. The highest BCUT2D eigenvalue weighted by molar-refractivity contribution is 5.79. The van der Waals surface area contributed by atoms with E-state index in [0.717, 1.165) is 17.8 Å². The predicted octanol–water partition coefficient (Wildman–Crippen LogP) is 1.27. The van der Waals surface area contributed by atoms with Gasteiger partial charge >= 0.3 is 5.97 Å². The molecule has 5 nitrogen and oxygen atoms in total. The fraction of sp³-hybridized carbons (Fsp3) is 0.667. The molecule has 94 valence electrons. The fourth-order valence-corrected chi connectivity index (χ4v) is 2.77. The molecule has 0 spiro atoms. The molecule has 0 radical (unpaired) electrons. The third-order valence-electron chi connectivity index (χ3n) is 3.77. The van der Waals surface area contributed by atoms with E-state index >= 15 is 0 Å². The second-order valence-corrected chi connectivity index (χ2v) is 4.91. The average molecular weight is 237 g/mol. The fourth-order valence-electron chi connectivity index (χ4n) is 2.77. The predicted molar refractivity (Wildman–Crippen MR) is 64.0 cm³/mol. The minimum atomic E-state index is -0.781. The van der Waals surface area contributed by atoms with E-state index < -0.39 is 11.5 Å². The lowest BCUT2D eigenvalue weighted by molar-refractivity contribution is -0.144. The maximum absolute atomic E-state index is 11.3. The van der Waals surface area contributed by atoms with Crippen LogP contribution in [0, 0.1) is 13.8 Å². The first kappa shape index (κ1) is 12.1. The van der Waals surface area contributed by atoms with Crippen molar-refractivity contribution in [2.45, 2.75) is 44.7 Å². The van der Waals surface area contributed by atoms with Crippen LogP contribution >= 0.6 is 0 Å². The van der Waals surface area contributed by atoms with Crippen molar-refractivity contribution in [3.63, 3.8) is 0 Å². The molecule has 0 aromatic carbocycles. The van der Waals surface area contributed by atoms with Crippen LogP contribution in [0.3, 0.4) is 0 Å². The summed E-state index contributed by atoms with van der Waals surface area (Å²) in [6.07, 6.45) is 2.11. The van der Waals surface area contributed by atoms with Crippen molar-refractivity contribution < 1.29 is 9.90 Å². The third kappa shape index (κ3) is 1.95. The summed E-state index contributed by atoms with van der Waals surface area (Å²) in [5, 5.41) is 16.7. The molecule has 1 saturated carbocycles. The van der Waals surface area contributed by atoms with Crippen LogP contribution in [0.1, 0.15) is 36.7 Å². The highest BCUT2D eigenvalue weighted by Gasteiger charge is 2.45. The number of nitrogens with one attached hydrogen (secondary N) is 1. The Kier molecular flexibility index (Phi) is 2.95. The van der Waals surface area contributed by atoms with Crippen LogP contribution in [0.2, 0.25) is 0 Å². The Morgan fingerprint density at radius 1 is 1.65 bits per heavy atom. The second-order valence-electron chi connectivity index (χ2n) is 4.91. The van der Waals surface area contributed by atoms with E-state index in [4.69, 9.17) is 0 Å². The van der Waals surface area contributed by atoms with Crippen molar-refractivity contribution in [2.75, 3.05) is 7.05 Å². The molecule has 2 atom stereocenters. The second kappa shape index (κ2) is 4.14. The third-order valence-corrected chi connectivity index (χ3v) is 3.77. The van der Waals surface area contributed by atoms with E-state index in [0.29, 0.717) is 12.8 Å². The van der Waals surface area contributed by atoms with Gasteiger partial charge in [-0.3, -0.25) is 9.48 Å². The summed E-state index contributed by atoms with van der Waals surface area (Å²) in [6.45, 7) is 3.97. The molecule has 1 heterocycles. The number of hydrogen-bond donors (Lipinski definition) is 2. The zero-order chi connectivity index (χ0) is 12.6. The first-order chi connectivity index (χ1) is 7.98. The number of rotatable bonds is 3. The molecular formula is C12H19N3O2. The summed E-state index contributed by atoms with van der Waals surface area (Å²) in [4.78, 5) is 11.3. The van der Waals surface area contributed by atoms with Gasteiger partial charge in [0.15, 0.2) is 0 Å². The molecule has 0 bridgehead atoms. The molecule has 0 aliphatic heterocycles. The summed E-state index contributed by atoms with van der Waals surface area (Å²) in [7, 11) is 1.72. The van der Waals surface area contributed by atoms with Crippen molar-refractivity contribution in [1.82, 2.24) is 15.1 Å². The molecule has 0 amide bonds. The zero-order valence-electron chi connectivity index (χ0n) is 10.5. The number of aliphatic carboxylic acids is 1. The minimum absolute atomic E-state index is 0.187. The number of nitrogens with zero attached hydrogens (tertiary/aromatic N) is 2. The number of carboxylic acid groups (broad SMARTS) is 1. The quantitative estimate of drug-likeness (QED) is 0.830. The SMILES string of the molecule is CNC1(C(=O)O)CCC(n2nc(C)cc2C)C1. The summed E-state index contributed by atoms with van der Waals surface area (Å²) in [5.74, 6) is -0.760. The molecular weight excluding hydrogens is 218 g/mol. The van der Waals surface area contributed by atoms with E-state index in [9.17, 15) is 9.90 Å². The van der Waals surface area contributed by atoms with Crippen molar-refractivity contribution in [1.29, 1.82) is 0 Å². The van der Waals surface area contributed by atoms with E-state index in [1.54, 1.807) is 7.05 Å². The molecule has 1 aromatic heterocycles. The van der Waals surface area contributed by atoms with Crippen LogP contribution in [0.25, 0.3) is 0 Å². The lowest BCUT2D eigenvalue weighted by Crippen LogP contribution is -2.48. The largest absolute Gasteiger partial charge is 0.480 e. The lowest BCUT2D eigenvalue weighted by atomic mass is 9.98. The Bertz CT molecular complexity index is 441. The van der Waals surface area contributed by atoms with Crippen molar-refractivity contribution in [2.24, 2.45) is 0 Å². The summed E-state index contributed by atoms with van der Waals surface area (Å²) in [5.41, 5.74) is 1.31. The smallest absolute Gasteiger partial charge is 0.323 e. The standard InChI is InChI=1S/C12H19N3O2/c1-8-6-9(2)15(14-8)10-4-5-12(7-10,13-3)11(16)17/h6,10,13H,4-5,7H2,1-3H3,(H,16,17). The van der Waals surface area contributed by atoms with Crippen LogP contribution in [-0.4, -0.2) is 33.4 Å². The molecule has 1 aromatic rings. The van der Waals surface area contributed by atoms with E-state index in [-0.39, 0.29) is 6.04 Å². The minimum Gasteiger partial charge on any atom is -0.480 e. The molecule has 5 heteroatoms. The van der Waals surface area contributed by atoms with Gasteiger partial charge in [0, 0.05) is 5.69 Å². The van der Waals surface area contributed by atoms with Crippen LogP contribution in [-0.2, 0) is 4.79 Å². The summed E-state index contributed by atoms with van der Waals surface area (Å²) < 4.78 is 1.97. The Balaban J connectivity index is 2.23. The van der Waals surface area contributed by atoms with Gasteiger partial charge in [-0.1, -0.05) is 0 Å². The number of hydrogen-bond acceptors (Lipinski definition) is 3. The summed E-state index contributed by atoms with van der Waals surface area (Å²) >= 11 is 0. The van der Waals surface area contributed by atoms with Gasteiger partial charge in [0.25, 0.3) is 0 Å². The monoisotopic (exact) mass is 237 g/mol. The average Bonchev–Trinajstić information content (AvgIpc) is 2.82. The molecule has 2 N–H and O–H groups in total. The molecule has 0 saturated heterocycles. The topological polar surface area (TPSA) is 67.2 Å². The summed E-state index contributed by atoms with van der Waals surface area (Å²) in [6, 6.07) is 2.22. The Labute approximate surface area is 101 Å². The van der Waals surface area contributed by atoms with Crippen molar-refractivity contribution in [3.05, 3.63) is 17.5 Å². The molecule has 17 heavy (non-hydrogen) atoms. The van der Waals surface area contributed by atoms with Gasteiger partial charge < -0.3 is 10.4 Å². The first-order valence-electron chi connectivity index (χ1n) is 5.93. The van der Waals surface area contributed by atoms with Crippen molar-refractivity contribution in [3.8, 4) is 0 Å². The first-order valence-corrected chi connectivity index (χ1v) is 5.93. The Morgan fingerprint density at radius 3 is 2.76 bits per heavy atom. The Morgan fingerprint density at radius 2 is 2.35 bits per heavy atom. The maximum atomic E-state index is 11.3. The van der Waals surface area contributed by atoms with Gasteiger partial charge in [0.05, 0.1) is 11.7 Å². The van der Waals surface area contributed by atoms with Gasteiger partial charge in [-0.2, -0.15) is 5.10 Å². The lowest BCUT2D eigenvalue weighted by Gasteiger charge is -2.23. The van der Waals surface area contributed by atoms with Crippen LogP contribution < -0.4 is 5.32 Å². The highest BCUT2D eigenvalue weighted by atomic mass is 16.4. The maximum Gasteiger partial charge on any atom is 0.323 e. The molecule has 1 aliphatic rings. The van der Waals surface area contributed by atoms with E-state index in [1.165, 1.54) is 0 Å². The number of likely N-dealkylation sites (N-methyl/N-ethyl adjacent to an activating group) is 1. The van der Waals surface area contributed by atoms with Gasteiger partial charge in [-0.15, -0.1) is 0 Å². The number of carbonyl (C=O) groups is 1. The number of aryl methyl sites for hydroxylation is 2. The van der Waals surface area contributed by atoms with Crippen LogP contribution in [0.15, 0.2) is 6.07 Å². The molecule has 1 fully saturated rings.